The minimum Gasteiger partial charge on any atom is -0.350 e. The first-order chi connectivity index (χ1) is 11.8. The monoisotopic (exact) mass is 367 g/mol. The van der Waals surface area contributed by atoms with Gasteiger partial charge in [0.1, 0.15) is 10.7 Å². The van der Waals surface area contributed by atoms with Crippen LogP contribution in [0.15, 0.2) is 5.38 Å². The van der Waals surface area contributed by atoms with Crippen LogP contribution in [-0.4, -0.2) is 34.8 Å². The van der Waals surface area contributed by atoms with Crippen LogP contribution >= 0.6 is 11.3 Å². The van der Waals surface area contributed by atoms with E-state index in [-0.39, 0.29) is 11.8 Å². The Kier molecular flexibility index (Phi) is 9.71. The summed E-state index contributed by atoms with van der Waals surface area (Å²) in [7, 11) is 0. The zero-order valence-corrected chi connectivity index (χ0v) is 17.1. The van der Waals surface area contributed by atoms with Crippen LogP contribution in [0.1, 0.15) is 75.8 Å². The highest BCUT2D eigenvalue weighted by molar-refractivity contribution is 7.09. The first-order valence-electron chi connectivity index (χ1n) is 9.33. The molecule has 1 heterocycles. The highest BCUT2D eigenvalue weighted by atomic mass is 32.1. The standard InChI is InChI=1S/C19H33N3O2S/c1-6-7-8-9-18(23)22(11-15(4)5)12-17-21-16(13-25-17)19(24)20-10-14(2)3/h13-15H,6-12H2,1-5H3,(H,20,24). The molecular formula is C19H33N3O2S. The highest BCUT2D eigenvalue weighted by Gasteiger charge is 2.18. The molecular weight excluding hydrogens is 334 g/mol. The Morgan fingerprint density at radius 3 is 2.52 bits per heavy atom. The molecule has 0 unspecified atom stereocenters. The van der Waals surface area contributed by atoms with Gasteiger partial charge in [0.15, 0.2) is 0 Å². The van der Waals surface area contributed by atoms with Crippen LogP contribution in [0.2, 0.25) is 0 Å². The van der Waals surface area contributed by atoms with Crippen LogP contribution in [0.25, 0.3) is 0 Å². The first kappa shape index (κ1) is 21.6. The van der Waals surface area contributed by atoms with Gasteiger partial charge in [-0.15, -0.1) is 11.3 Å². The molecule has 6 heteroatoms. The van der Waals surface area contributed by atoms with Gasteiger partial charge in [-0.1, -0.05) is 47.5 Å². The Morgan fingerprint density at radius 2 is 1.92 bits per heavy atom. The Balaban J connectivity index is 2.67. The number of aromatic nitrogens is 1. The van der Waals surface area contributed by atoms with E-state index in [1.54, 1.807) is 5.38 Å². The molecule has 25 heavy (non-hydrogen) atoms. The van der Waals surface area contributed by atoms with Crippen molar-refractivity contribution in [2.45, 2.75) is 66.8 Å². The molecule has 0 atom stereocenters. The summed E-state index contributed by atoms with van der Waals surface area (Å²) < 4.78 is 0. The first-order valence-corrected chi connectivity index (χ1v) is 10.2. The van der Waals surface area contributed by atoms with Crippen molar-refractivity contribution in [2.24, 2.45) is 11.8 Å². The number of thiazole rings is 1. The van der Waals surface area contributed by atoms with Gasteiger partial charge in [0.05, 0.1) is 6.54 Å². The van der Waals surface area contributed by atoms with Gasteiger partial charge in [-0.25, -0.2) is 4.98 Å². The van der Waals surface area contributed by atoms with Gasteiger partial charge < -0.3 is 10.2 Å². The van der Waals surface area contributed by atoms with Gasteiger partial charge in [0.2, 0.25) is 5.91 Å². The van der Waals surface area contributed by atoms with Crippen LogP contribution in [0.3, 0.4) is 0 Å². The molecule has 1 rings (SSSR count). The smallest absolute Gasteiger partial charge is 0.270 e. The van der Waals surface area contributed by atoms with Crippen LogP contribution in [0.4, 0.5) is 0 Å². The number of carbonyl (C=O) groups excluding carboxylic acids is 2. The summed E-state index contributed by atoms with van der Waals surface area (Å²) in [5.41, 5.74) is 0.448. The second-order valence-corrected chi connectivity index (χ2v) is 8.30. The lowest BCUT2D eigenvalue weighted by Gasteiger charge is -2.23. The summed E-state index contributed by atoms with van der Waals surface area (Å²) in [6, 6.07) is 0. The van der Waals surface area contributed by atoms with Crippen LogP contribution < -0.4 is 5.32 Å². The van der Waals surface area contributed by atoms with E-state index in [4.69, 9.17) is 0 Å². The van der Waals surface area contributed by atoms with Crippen molar-refractivity contribution < 1.29 is 9.59 Å². The fourth-order valence-electron chi connectivity index (χ4n) is 2.42. The van der Waals surface area contributed by atoms with Crippen molar-refractivity contribution in [3.63, 3.8) is 0 Å². The number of hydrogen-bond donors (Lipinski definition) is 1. The highest BCUT2D eigenvalue weighted by Crippen LogP contribution is 2.15. The fraction of sp³-hybridized carbons (Fsp3) is 0.737. The largest absolute Gasteiger partial charge is 0.350 e. The van der Waals surface area contributed by atoms with Crippen molar-refractivity contribution >= 4 is 23.2 Å². The minimum absolute atomic E-state index is 0.138. The third kappa shape index (κ3) is 8.47. The molecule has 0 aromatic carbocycles. The SMILES string of the molecule is CCCCCC(=O)N(Cc1nc(C(=O)NCC(C)C)cs1)CC(C)C. The van der Waals surface area contributed by atoms with E-state index in [0.29, 0.717) is 37.0 Å². The molecule has 0 aliphatic rings. The lowest BCUT2D eigenvalue weighted by Crippen LogP contribution is -2.33. The summed E-state index contributed by atoms with van der Waals surface area (Å²) in [5, 5.41) is 5.48. The predicted molar refractivity (Wildman–Crippen MR) is 104 cm³/mol. The minimum atomic E-state index is -0.138. The number of carbonyl (C=O) groups is 2. The Hall–Kier alpha value is -1.43. The van der Waals surface area contributed by atoms with E-state index in [2.05, 4.69) is 44.9 Å². The molecule has 0 spiro atoms. The van der Waals surface area contributed by atoms with E-state index >= 15 is 0 Å². The molecule has 1 aromatic rings. The topological polar surface area (TPSA) is 62.3 Å². The predicted octanol–water partition coefficient (Wildman–Crippen LogP) is 4.09. The van der Waals surface area contributed by atoms with Gasteiger partial charge >= 0.3 is 0 Å². The molecule has 0 aliphatic heterocycles. The van der Waals surface area contributed by atoms with Crippen LogP contribution in [0, 0.1) is 11.8 Å². The molecule has 2 amide bonds. The summed E-state index contributed by atoms with van der Waals surface area (Å²) in [6.45, 7) is 12.3. The Morgan fingerprint density at radius 1 is 1.20 bits per heavy atom. The summed E-state index contributed by atoms with van der Waals surface area (Å²) in [5.74, 6) is 0.859. The number of hydrogen-bond acceptors (Lipinski definition) is 4. The molecule has 1 aromatic heterocycles. The maximum atomic E-state index is 12.5. The number of unbranched alkanes of at least 4 members (excludes halogenated alkanes) is 2. The van der Waals surface area contributed by atoms with Gasteiger partial charge in [-0.2, -0.15) is 0 Å². The van der Waals surface area contributed by atoms with E-state index in [9.17, 15) is 9.59 Å². The van der Waals surface area contributed by atoms with E-state index < -0.39 is 0 Å². The molecule has 5 nitrogen and oxygen atoms in total. The average Bonchev–Trinajstić information content (AvgIpc) is 3.00. The summed E-state index contributed by atoms with van der Waals surface area (Å²) >= 11 is 1.45. The summed E-state index contributed by atoms with van der Waals surface area (Å²) in [4.78, 5) is 30.9. The normalized spacial score (nSPS) is 11.2. The molecule has 0 aliphatic carbocycles. The van der Waals surface area contributed by atoms with Crippen LogP contribution in [0.5, 0.6) is 0 Å². The second kappa shape index (κ2) is 11.2. The fourth-order valence-corrected chi connectivity index (χ4v) is 3.21. The summed E-state index contributed by atoms with van der Waals surface area (Å²) in [6.07, 6.45) is 3.72. The van der Waals surface area contributed by atoms with Gasteiger partial charge in [-0.05, 0) is 18.3 Å². The molecule has 0 bridgehead atoms. The molecule has 0 saturated heterocycles. The zero-order chi connectivity index (χ0) is 18.8. The molecule has 0 fully saturated rings. The molecule has 0 saturated carbocycles. The zero-order valence-electron chi connectivity index (χ0n) is 16.3. The lowest BCUT2D eigenvalue weighted by molar-refractivity contribution is -0.132. The lowest BCUT2D eigenvalue weighted by atomic mass is 10.1. The van der Waals surface area contributed by atoms with E-state index in [0.717, 1.165) is 30.8 Å². The third-order valence-electron chi connectivity index (χ3n) is 3.71. The van der Waals surface area contributed by atoms with E-state index in [1.807, 2.05) is 4.90 Å². The quantitative estimate of drug-likeness (QED) is 0.599. The molecule has 0 radical (unpaired) electrons. The number of nitrogens with one attached hydrogen (secondary N) is 1. The maximum absolute atomic E-state index is 12.5. The van der Waals surface area contributed by atoms with Crippen molar-refractivity contribution in [1.29, 1.82) is 0 Å². The number of amides is 2. The van der Waals surface area contributed by atoms with Gasteiger partial charge in [-0.3, -0.25) is 9.59 Å². The van der Waals surface area contributed by atoms with Crippen LogP contribution in [-0.2, 0) is 11.3 Å². The molecule has 142 valence electrons. The number of nitrogens with zero attached hydrogens (tertiary/aromatic N) is 2. The van der Waals surface area contributed by atoms with Crippen molar-refractivity contribution in [1.82, 2.24) is 15.2 Å². The van der Waals surface area contributed by atoms with Gasteiger partial charge in [0.25, 0.3) is 5.91 Å². The van der Waals surface area contributed by atoms with E-state index in [1.165, 1.54) is 11.3 Å². The van der Waals surface area contributed by atoms with Gasteiger partial charge in [0, 0.05) is 24.9 Å². The molecule has 1 N–H and O–H groups in total. The van der Waals surface area contributed by atoms with Crippen molar-refractivity contribution in [3.8, 4) is 0 Å². The Labute approximate surface area is 156 Å². The van der Waals surface area contributed by atoms with Crippen molar-refractivity contribution in [3.05, 3.63) is 16.1 Å². The Bertz CT molecular complexity index is 541. The second-order valence-electron chi connectivity index (χ2n) is 7.36. The average molecular weight is 368 g/mol. The van der Waals surface area contributed by atoms with Crippen molar-refractivity contribution in [2.75, 3.05) is 13.1 Å². The maximum Gasteiger partial charge on any atom is 0.270 e. The third-order valence-corrected chi connectivity index (χ3v) is 4.55. The number of rotatable bonds is 11.